The molecule has 0 aromatic heterocycles. The van der Waals surface area contributed by atoms with Crippen molar-refractivity contribution >= 4 is 26.9 Å². The predicted octanol–water partition coefficient (Wildman–Crippen LogP) is 2.06. The first-order chi connectivity index (χ1) is 8.24. The molecule has 0 aliphatic heterocycles. The Morgan fingerprint density at radius 1 is 1.22 bits per heavy atom. The Labute approximate surface area is 112 Å². The number of hydrogen-bond acceptors (Lipinski definition) is 3. The summed E-state index contributed by atoms with van der Waals surface area (Å²) in [6.45, 7) is 5.31. The molecule has 0 saturated carbocycles. The average molecular weight is 290 g/mol. The van der Waals surface area contributed by atoms with Crippen molar-refractivity contribution in [2.24, 2.45) is 5.92 Å². The topological polar surface area (TPSA) is 63.2 Å². The predicted molar refractivity (Wildman–Crippen MR) is 71.0 cm³/mol. The third kappa shape index (κ3) is 3.80. The Bertz CT molecular complexity index is 523. The van der Waals surface area contributed by atoms with E-state index in [1.54, 1.807) is 26.0 Å². The van der Waals surface area contributed by atoms with Crippen LogP contribution in [0, 0.1) is 12.8 Å². The summed E-state index contributed by atoms with van der Waals surface area (Å²) in [5.74, 6) is -0.213. The molecule has 0 spiro atoms. The molecule has 0 saturated heterocycles. The van der Waals surface area contributed by atoms with Gasteiger partial charge in [0.25, 0.3) is 0 Å². The van der Waals surface area contributed by atoms with Crippen LogP contribution < -0.4 is 4.72 Å². The highest BCUT2D eigenvalue weighted by Crippen LogP contribution is 2.14. The number of benzene rings is 1. The zero-order chi connectivity index (χ0) is 13.9. The molecule has 0 amide bonds. The maximum Gasteiger partial charge on any atom is 0.241 e. The molecule has 1 aromatic rings. The van der Waals surface area contributed by atoms with Gasteiger partial charge in [-0.1, -0.05) is 31.5 Å². The van der Waals surface area contributed by atoms with Crippen LogP contribution in [0.2, 0.25) is 0 Å². The fraction of sp³-hybridized carbons (Fsp3) is 0.417. The number of hydrogen-bond donors (Lipinski definition) is 1. The summed E-state index contributed by atoms with van der Waals surface area (Å²) < 4.78 is 26.4. The third-order valence-corrected chi connectivity index (χ3v) is 4.22. The van der Waals surface area contributed by atoms with E-state index in [0.717, 1.165) is 5.56 Å². The van der Waals surface area contributed by atoms with Crippen molar-refractivity contribution in [1.29, 1.82) is 0 Å². The van der Waals surface area contributed by atoms with Crippen LogP contribution in [0.4, 0.5) is 0 Å². The van der Waals surface area contributed by atoms with Gasteiger partial charge < -0.3 is 0 Å². The molecular formula is C12H16ClNO3S. The first-order valence-corrected chi connectivity index (χ1v) is 7.38. The van der Waals surface area contributed by atoms with Crippen molar-refractivity contribution in [1.82, 2.24) is 4.72 Å². The lowest BCUT2D eigenvalue weighted by Gasteiger charge is -2.18. The second-order valence-corrected chi connectivity index (χ2v) is 6.55. The monoisotopic (exact) mass is 289 g/mol. The molecule has 1 atom stereocenters. The molecule has 0 unspecified atom stereocenters. The normalized spacial score (nSPS) is 13.6. The van der Waals surface area contributed by atoms with Crippen LogP contribution in [-0.4, -0.2) is 19.7 Å². The lowest BCUT2D eigenvalue weighted by Crippen LogP contribution is -2.42. The van der Waals surface area contributed by atoms with Gasteiger partial charge in [-0.05, 0) is 36.6 Å². The SMILES string of the molecule is Cc1ccc(S(=O)(=O)N[C@H](C(=O)Cl)C(C)C)cc1. The fourth-order valence-electron chi connectivity index (χ4n) is 1.40. The Kier molecular flexibility index (Phi) is 4.90. The zero-order valence-corrected chi connectivity index (χ0v) is 12.0. The van der Waals surface area contributed by atoms with Gasteiger partial charge in [0.15, 0.2) is 0 Å². The molecule has 4 nitrogen and oxygen atoms in total. The van der Waals surface area contributed by atoms with Crippen LogP contribution in [0.5, 0.6) is 0 Å². The second-order valence-electron chi connectivity index (χ2n) is 4.46. The molecule has 1 N–H and O–H groups in total. The lowest BCUT2D eigenvalue weighted by atomic mass is 10.1. The lowest BCUT2D eigenvalue weighted by molar-refractivity contribution is -0.113. The van der Waals surface area contributed by atoms with Gasteiger partial charge in [0, 0.05) is 0 Å². The van der Waals surface area contributed by atoms with E-state index in [-0.39, 0.29) is 10.8 Å². The highest BCUT2D eigenvalue weighted by atomic mass is 35.5. The number of carbonyl (C=O) groups excluding carboxylic acids is 1. The minimum atomic E-state index is -3.72. The third-order valence-electron chi connectivity index (χ3n) is 2.52. The molecule has 6 heteroatoms. The van der Waals surface area contributed by atoms with Gasteiger partial charge >= 0.3 is 0 Å². The molecule has 1 aromatic carbocycles. The molecule has 0 fully saturated rings. The summed E-state index contributed by atoms with van der Waals surface area (Å²) in [5.41, 5.74) is 0.961. The number of carbonyl (C=O) groups is 1. The quantitative estimate of drug-likeness (QED) is 0.844. The number of rotatable bonds is 5. The summed E-state index contributed by atoms with van der Waals surface area (Å²) in [4.78, 5) is 11.3. The summed E-state index contributed by atoms with van der Waals surface area (Å²) in [6, 6.07) is 5.46. The minimum absolute atomic E-state index is 0.122. The van der Waals surface area contributed by atoms with Gasteiger partial charge in [0.1, 0.15) is 0 Å². The Morgan fingerprint density at radius 3 is 2.11 bits per heavy atom. The van der Waals surface area contributed by atoms with E-state index < -0.39 is 21.3 Å². The summed E-state index contributed by atoms with van der Waals surface area (Å²) in [5, 5.41) is -0.708. The maximum atomic E-state index is 12.0. The van der Waals surface area contributed by atoms with Gasteiger partial charge in [-0.15, -0.1) is 0 Å². The molecule has 100 valence electrons. The number of nitrogens with one attached hydrogen (secondary N) is 1. The van der Waals surface area contributed by atoms with Crippen molar-refractivity contribution < 1.29 is 13.2 Å². The van der Waals surface area contributed by atoms with Gasteiger partial charge in [0.05, 0.1) is 10.9 Å². The van der Waals surface area contributed by atoms with E-state index in [2.05, 4.69) is 4.72 Å². The number of aryl methyl sites for hydroxylation is 1. The van der Waals surface area contributed by atoms with Crippen molar-refractivity contribution in [2.45, 2.75) is 31.7 Å². The number of halogens is 1. The standard InChI is InChI=1S/C12H16ClNO3S/c1-8(2)11(12(13)15)14-18(16,17)10-6-4-9(3)5-7-10/h4-8,11,14H,1-3H3/t11-/m0/s1. The highest BCUT2D eigenvalue weighted by Gasteiger charge is 2.26. The highest BCUT2D eigenvalue weighted by molar-refractivity contribution is 7.89. The van der Waals surface area contributed by atoms with E-state index >= 15 is 0 Å². The molecule has 0 aliphatic carbocycles. The Morgan fingerprint density at radius 2 is 1.72 bits per heavy atom. The summed E-state index contributed by atoms with van der Waals surface area (Å²) in [7, 11) is -3.72. The first-order valence-electron chi connectivity index (χ1n) is 5.52. The molecule has 18 heavy (non-hydrogen) atoms. The molecule has 0 aliphatic rings. The molecule has 0 bridgehead atoms. The largest absolute Gasteiger partial charge is 0.279 e. The smallest absolute Gasteiger partial charge is 0.241 e. The maximum absolute atomic E-state index is 12.0. The Hall–Kier alpha value is -0.910. The summed E-state index contributed by atoms with van der Waals surface area (Å²) >= 11 is 5.39. The van der Waals surface area contributed by atoms with Gasteiger partial charge in [-0.3, -0.25) is 4.79 Å². The van der Waals surface area contributed by atoms with E-state index in [9.17, 15) is 13.2 Å². The van der Waals surface area contributed by atoms with Crippen molar-refractivity contribution in [2.75, 3.05) is 0 Å². The molecular weight excluding hydrogens is 274 g/mol. The molecule has 0 heterocycles. The van der Waals surface area contributed by atoms with Gasteiger partial charge in [-0.2, -0.15) is 4.72 Å². The van der Waals surface area contributed by atoms with Crippen LogP contribution in [0.25, 0.3) is 0 Å². The van der Waals surface area contributed by atoms with Crippen molar-refractivity contribution in [3.05, 3.63) is 29.8 Å². The van der Waals surface area contributed by atoms with Crippen LogP contribution in [0.3, 0.4) is 0 Å². The second kappa shape index (κ2) is 5.82. The van der Waals surface area contributed by atoms with Gasteiger partial charge in [-0.25, -0.2) is 8.42 Å². The van der Waals surface area contributed by atoms with E-state index in [0.29, 0.717) is 0 Å². The molecule has 0 radical (unpaired) electrons. The van der Waals surface area contributed by atoms with Crippen LogP contribution in [0.15, 0.2) is 29.2 Å². The summed E-state index contributed by atoms with van der Waals surface area (Å²) in [6.07, 6.45) is 0. The first kappa shape index (κ1) is 15.1. The van der Waals surface area contributed by atoms with Crippen LogP contribution in [-0.2, 0) is 14.8 Å². The number of sulfonamides is 1. The van der Waals surface area contributed by atoms with E-state index in [1.165, 1.54) is 12.1 Å². The van der Waals surface area contributed by atoms with E-state index in [1.807, 2.05) is 6.92 Å². The zero-order valence-electron chi connectivity index (χ0n) is 10.5. The fourth-order valence-corrected chi connectivity index (χ4v) is 3.11. The molecule has 1 rings (SSSR count). The Balaban J connectivity index is 3.01. The van der Waals surface area contributed by atoms with Crippen molar-refractivity contribution in [3.63, 3.8) is 0 Å². The average Bonchev–Trinajstić information content (AvgIpc) is 2.26. The van der Waals surface area contributed by atoms with Crippen LogP contribution >= 0.6 is 11.6 Å². The minimum Gasteiger partial charge on any atom is -0.279 e. The van der Waals surface area contributed by atoms with Gasteiger partial charge in [0.2, 0.25) is 15.3 Å². The van der Waals surface area contributed by atoms with E-state index in [4.69, 9.17) is 11.6 Å². The van der Waals surface area contributed by atoms with Crippen molar-refractivity contribution in [3.8, 4) is 0 Å². The van der Waals surface area contributed by atoms with Crippen LogP contribution in [0.1, 0.15) is 19.4 Å².